The number of carbonyl (C=O) groups is 3. The number of esters is 3. The van der Waals surface area contributed by atoms with Gasteiger partial charge in [-0.2, -0.15) is 0 Å². The van der Waals surface area contributed by atoms with Gasteiger partial charge >= 0.3 is 17.9 Å². The summed E-state index contributed by atoms with van der Waals surface area (Å²) in [6.07, 6.45) is 99.2. The molecular weight excluding hydrogens is 1020 g/mol. The number of allylic oxidation sites excluding steroid dienone is 22. The lowest BCUT2D eigenvalue weighted by atomic mass is 10.0. The van der Waals surface area contributed by atoms with Crippen molar-refractivity contribution in [2.24, 2.45) is 0 Å². The first-order chi connectivity index (χ1) is 41.0. The Morgan fingerprint density at radius 1 is 0.253 bits per heavy atom. The van der Waals surface area contributed by atoms with E-state index in [-0.39, 0.29) is 37.5 Å². The fourth-order valence-electron chi connectivity index (χ4n) is 9.56. The first-order valence-electron chi connectivity index (χ1n) is 34.7. The van der Waals surface area contributed by atoms with Gasteiger partial charge in [0.15, 0.2) is 6.10 Å². The largest absolute Gasteiger partial charge is 0.462 e. The molecule has 0 amide bonds. The molecule has 6 nitrogen and oxygen atoms in total. The maximum absolute atomic E-state index is 12.9. The summed E-state index contributed by atoms with van der Waals surface area (Å²) < 4.78 is 16.9. The van der Waals surface area contributed by atoms with Gasteiger partial charge in [0.2, 0.25) is 0 Å². The zero-order valence-corrected chi connectivity index (χ0v) is 54.2. The lowest BCUT2D eigenvalue weighted by molar-refractivity contribution is -0.166. The average Bonchev–Trinajstić information content (AvgIpc) is 3.49. The Morgan fingerprint density at radius 3 is 0.807 bits per heavy atom. The molecule has 0 aromatic rings. The van der Waals surface area contributed by atoms with Crippen LogP contribution in [0.15, 0.2) is 134 Å². The normalized spacial score (nSPS) is 13.0. The number of hydrogen-bond acceptors (Lipinski definition) is 6. The van der Waals surface area contributed by atoms with Crippen molar-refractivity contribution in [3.63, 3.8) is 0 Å². The Balaban J connectivity index is 4.32. The van der Waals surface area contributed by atoms with Gasteiger partial charge in [-0.3, -0.25) is 14.4 Å². The lowest BCUT2D eigenvalue weighted by Crippen LogP contribution is -2.30. The van der Waals surface area contributed by atoms with Gasteiger partial charge in [-0.1, -0.05) is 328 Å². The quantitative estimate of drug-likeness (QED) is 0.0261. The van der Waals surface area contributed by atoms with E-state index in [1.54, 1.807) is 0 Å². The summed E-state index contributed by atoms with van der Waals surface area (Å²) >= 11 is 0. The molecule has 0 rings (SSSR count). The molecule has 0 bridgehead atoms. The summed E-state index contributed by atoms with van der Waals surface area (Å²) in [6.45, 7) is 6.37. The fraction of sp³-hybridized carbons (Fsp3) is 0.675. The molecule has 0 radical (unpaired) electrons. The van der Waals surface area contributed by atoms with Crippen molar-refractivity contribution >= 4 is 17.9 Å². The van der Waals surface area contributed by atoms with Crippen LogP contribution in [-0.4, -0.2) is 37.2 Å². The molecule has 0 aliphatic carbocycles. The van der Waals surface area contributed by atoms with E-state index in [1.807, 2.05) is 6.08 Å². The van der Waals surface area contributed by atoms with Crippen LogP contribution < -0.4 is 0 Å². The molecular formula is C77H128O6. The van der Waals surface area contributed by atoms with Crippen molar-refractivity contribution in [1.29, 1.82) is 0 Å². The molecule has 1 unspecified atom stereocenters. The van der Waals surface area contributed by atoms with Crippen LogP contribution in [0.4, 0.5) is 0 Å². The highest BCUT2D eigenvalue weighted by Crippen LogP contribution is 2.17. The van der Waals surface area contributed by atoms with E-state index in [9.17, 15) is 14.4 Å². The first kappa shape index (κ1) is 78.5. The van der Waals surface area contributed by atoms with Crippen molar-refractivity contribution in [1.82, 2.24) is 0 Å². The Bertz CT molecular complexity index is 1750. The Hall–Kier alpha value is -4.45. The number of unbranched alkanes of at least 4 members (excludes halogenated alkanes) is 29. The zero-order valence-electron chi connectivity index (χ0n) is 54.2. The predicted octanol–water partition coefficient (Wildman–Crippen LogP) is 24.1. The van der Waals surface area contributed by atoms with Crippen LogP contribution in [0.5, 0.6) is 0 Å². The number of carbonyl (C=O) groups excluding carboxylic acids is 3. The topological polar surface area (TPSA) is 78.9 Å². The van der Waals surface area contributed by atoms with Gasteiger partial charge in [0.25, 0.3) is 0 Å². The van der Waals surface area contributed by atoms with Crippen LogP contribution in [0.2, 0.25) is 0 Å². The summed E-state index contributed by atoms with van der Waals surface area (Å²) in [7, 11) is 0. The summed E-state index contributed by atoms with van der Waals surface area (Å²) in [6, 6.07) is 0. The van der Waals surface area contributed by atoms with Gasteiger partial charge in [-0.15, -0.1) is 0 Å². The average molecular weight is 1150 g/mol. The van der Waals surface area contributed by atoms with Crippen LogP contribution >= 0.6 is 0 Å². The molecule has 0 heterocycles. The summed E-state index contributed by atoms with van der Waals surface area (Å²) in [4.78, 5) is 38.3. The highest BCUT2D eigenvalue weighted by molar-refractivity contribution is 5.71. The summed E-state index contributed by atoms with van der Waals surface area (Å²) in [5.74, 6) is -0.985. The summed E-state index contributed by atoms with van der Waals surface area (Å²) in [5, 5.41) is 0. The van der Waals surface area contributed by atoms with Crippen LogP contribution in [0.1, 0.15) is 316 Å². The third-order valence-electron chi connectivity index (χ3n) is 14.7. The van der Waals surface area contributed by atoms with E-state index in [4.69, 9.17) is 14.2 Å². The van der Waals surface area contributed by atoms with E-state index < -0.39 is 6.10 Å². The molecule has 1 atom stereocenters. The van der Waals surface area contributed by atoms with Crippen LogP contribution in [0.25, 0.3) is 0 Å². The molecule has 0 aliphatic heterocycles. The number of hydrogen-bond donors (Lipinski definition) is 0. The van der Waals surface area contributed by atoms with E-state index >= 15 is 0 Å². The lowest BCUT2D eigenvalue weighted by Gasteiger charge is -2.18. The highest BCUT2D eigenvalue weighted by Gasteiger charge is 2.19. The molecule has 0 aliphatic rings. The first-order valence-corrected chi connectivity index (χ1v) is 34.7. The van der Waals surface area contributed by atoms with E-state index in [0.717, 1.165) is 116 Å². The third-order valence-corrected chi connectivity index (χ3v) is 14.7. The number of ether oxygens (including phenoxy) is 3. The van der Waals surface area contributed by atoms with Crippen LogP contribution in [-0.2, 0) is 28.6 Å². The molecule has 0 spiro atoms. The minimum absolute atomic E-state index is 0.104. The zero-order chi connectivity index (χ0) is 59.9. The maximum atomic E-state index is 12.9. The van der Waals surface area contributed by atoms with E-state index in [0.29, 0.717) is 19.3 Å². The Morgan fingerprint density at radius 2 is 0.494 bits per heavy atom. The molecule has 0 saturated heterocycles. The van der Waals surface area contributed by atoms with Crippen LogP contribution in [0, 0.1) is 0 Å². The van der Waals surface area contributed by atoms with E-state index in [1.165, 1.54) is 154 Å². The highest BCUT2D eigenvalue weighted by atomic mass is 16.6. The van der Waals surface area contributed by atoms with Gasteiger partial charge in [-0.25, -0.2) is 0 Å². The molecule has 0 saturated carbocycles. The van der Waals surface area contributed by atoms with Crippen molar-refractivity contribution in [2.75, 3.05) is 13.2 Å². The molecule has 0 N–H and O–H groups in total. The molecule has 0 fully saturated rings. The maximum Gasteiger partial charge on any atom is 0.306 e. The SMILES string of the molecule is CC/C=C\C/C=C\C/C=C\C/C=C\C/C=C\C/C=C\C/C=C\CCCCCCCCCCCC(=O)OCC(COC(=O)CC/C=C\C/C=C\C/C=C\C/C=C\CC)OC(=O)CCCCCCCCCCCCCCCCCCCCCCC. The smallest absolute Gasteiger partial charge is 0.306 e. The molecule has 0 aromatic carbocycles. The van der Waals surface area contributed by atoms with Gasteiger partial charge < -0.3 is 14.2 Å². The third kappa shape index (κ3) is 68.2. The van der Waals surface area contributed by atoms with Crippen molar-refractivity contribution in [3.05, 3.63) is 134 Å². The molecule has 83 heavy (non-hydrogen) atoms. The second-order valence-electron chi connectivity index (χ2n) is 22.7. The van der Waals surface area contributed by atoms with Crippen molar-refractivity contribution < 1.29 is 28.6 Å². The predicted molar refractivity (Wildman–Crippen MR) is 362 cm³/mol. The minimum atomic E-state index is -0.813. The molecule has 6 heteroatoms. The molecule has 472 valence electrons. The van der Waals surface area contributed by atoms with Crippen LogP contribution in [0.3, 0.4) is 0 Å². The summed E-state index contributed by atoms with van der Waals surface area (Å²) in [5.41, 5.74) is 0. The molecule has 0 aromatic heterocycles. The van der Waals surface area contributed by atoms with Gasteiger partial charge in [0.1, 0.15) is 13.2 Å². The van der Waals surface area contributed by atoms with Gasteiger partial charge in [-0.05, 0) is 103 Å². The van der Waals surface area contributed by atoms with Crippen molar-refractivity contribution in [3.8, 4) is 0 Å². The van der Waals surface area contributed by atoms with Gasteiger partial charge in [0.05, 0.1) is 0 Å². The number of rotatable bonds is 62. The monoisotopic (exact) mass is 1150 g/mol. The second kappa shape index (κ2) is 70.0. The Kier molecular flexibility index (Phi) is 66.3. The Labute approximate surface area is 513 Å². The van der Waals surface area contributed by atoms with E-state index in [2.05, 4.69) is 148 Å². The standard InChI is InChI=1S/C77H128O6/c1-4-7-10-13-16-19-22-25-27-29-31-33-34-35-36-37-38-39-40-41-42-44-45-47-49-52-55-58-61-64-67-70-76(79)82-73-74(72-81-75(78)69-66-63-60-57-54-51-24-21-18-15-12-9-6-3)83-77(80)71-68-65-62-59-56-53-50-48-46-43-32-30-28-26-23-20-17-14-11-8-5-2/h7,9-10,12,16,18-19,21,25,27,31,33,35-36,38-39,41-42,51,54,60,63,74H,4-6,8,11,13-15,17,20,22-24,26,28-30,32,34,37,40,43-50,52-53,55-59,61-62,64-73H2,1-3H3/b10-7-,12-9-,19-16-,21-18-,27-25-,33-31-,36-35-,39-38-,42-41-,54-51-,63-60-. The minimum Gasteiger partial charge on any atom is -0.462 e. The van der Waals surface area contributed by atoms with Crippen molar-refractivity contribution in [2.45, 2.75) is 322 Å². The van der Waals surface area contributed by atoms with Gasteiger partial charge in [0, 0.05) is 19.3 Å². The fourth-order valence-corrected chi connectivity index (χ4v) is 9.56. The second-order valence-corrected chi connectivity index (χ2v) is 22.7.